The van der Waals surface area contributed by atoms with Gasteiger partial charge in [-0.15, -0.1) is 0 Å². The lowest BCUT2D eigenvalue weighted by Gasteiger charge is -2.27. The molecule has 1 aromatic rings. The average Bonchev–Trinajstić information content (AvgIpc) is 2.27. The molecule has 6 nitrogen and oxygen atoms in total. The Bertz CT molecular complexity index is 507. The van der Waals surface area contributed by atoms with Crippen LogP contribution in [0.2, 0.25) is 0 Å². The number of benzene rings is 1. The summed E-state index contributed by atoms with van der Waals surface area (Å²) < 4.78 is 10.5. The zero-order chi connectivity index (χ0) is 15.5. The van der Waals surface area contributed by atoms with Gasteiger partial charge in [0.2, 0.25) is 0 Å². The van der Waals surface area contributed by atoms with Gasteiger partial charge in [-0.05, 0) is 45.4 Å². The maximum atomic E-state index is 11.7. The Morgan fingerprint density at radius 3 is 2.71 bits per heavy atom. The molecular weight excluding hydrogens is 270 g/mol. The van der Waals surface area contributed by atoms with E-state index in [9.17, 15) is 4.79 Å². The van der Waals surface area contributed by atoms with Gasteiger partial charge in [-0.3, -0.25) is 5.32 Å². The van der Waals surface area contributed by atoms with Crippen molar-refractivity contribution < 1.29 is 14.3 Å². The average molecular weight is 293 g/mol. The van der Waals surface area contributed by atoms with Crippen molar-refractivity contribution in [1.82, 2.24) is 0 Å². The first kappa shape index (κ1) is 15.4. The van der Waals surface area contributed by atoms with Crippen molar-refractivity contribution in [3.05, 3.63) is 18.2 Å². The monoisotopic (exact) mass is 293 g/mol. The van der Waals surface area contributed by atoms with E-state index < -0.39 is 11.7 Å². The van der Waals surface area contributed by atoms with Gasteiger partial charge in [-0.1, -0.05) is 0 Å². The predicted octanol–water partition coefficient (Wildman–Crippen LogP) is 2.82. The second-order valence-corrected chi connectivity index (χ2v) is 6.09. The SMILES string of the molecule is CC(C)(C)OC(=O)Nc1ccc(NCC2CCO2)c(N)c1. The van der Waals surface area contributed by atoms with Crippen LogP contribution in [0.4, 0.5) is 21.9 Å². The number of carbonyl (C=O) groups is 1. The number of rotatable bonds is 4. The summed E-state index contributed by atoms with van der Waals surface area (Å²) in [6, 6.07) is 5.32. The van der Waals surface area contributed by atoms with E-state index in [2.05, 4.69) is 10.6 Å². The van der Waals surface area contributed by atoms with Crippen molar-refractivity contribution in [3.63, 3.8) is 0 Å². The molecular formula is C15H23N3O3. The summed E-state index contributed by atoms with van der Waals surface area (Å²) >= 11 is 0. The van der Waals surface area contributed by atoms with Crippen molar-refractivity contribution in [2.75, 3.05) is 29.5 Å². The summed E-state index contributed by atoms with van der Waals surface area (Å²) in [4.78, 5) is 11.7. The smallest absolute Gasteiger partial charge is 0.412 e. The van der Waals surface area contributed by atoms with Crippen LogP contribution in [-0.4, -0.2) is 30.9 Å². The highest BCUT2D eigenvalue weighted by atomic mass is 16.6. The molecule has 0 saturated carbocycles. The third-order valence-corrected chi connectivity index (χ3v) is 3.01. The van der Waals surface area contributed by atoms with Crippen molar-refractivity contribution in [3.8, 4) is 0 Å². The number of nitrogens with one attached hydrogen (secondary N) is 2. The Morgan fingerprint density at radius 2 is 2.19 bits per heavy atom. The van der Waals surface area contributed by atoms with Gasteiger partial charge in [0.05, 0.1) is 17.5 Å². The molecule has 1 aromatic carbocycles. The van der Waals surface area contributed by atoms with Crippen LogP contribution in [0.15, 0.2) is 18.2 Å². The van der Waals surface area contributed by atoms with E-state index >= 15 is 0 Å². The second-order valence-electron chi connectivity index (χ2n) is 6.09. The molecule has 0 radical (unpaired) electrons. The number of hydrogen-bond acceptors (Lipinski definition) is 5. The molecule has 1 saturated heterocycles. The zero-order valence-corrected chi connectivity index (χ0v) is 12.7. The topological polar surface area (TPSA) is 85.6 Å². The number of anilines is 3. The van der Waals surface area contributed by atoms with E-state index in [4.69, 9.17) is 15.2 Å². The van der Waals surface area contributed by atoms with Crippen LogP contribution in [-0.2, 0) is 9.47 Å². The van der Waals surface area contributed by atoms with Gasteiger partial charge < -0.3 is 20.5 Å². The Balaban J connectivity index is 1.90. The van der Waals surface area contributed by atoms with Crippen LogP contribution in [0.25, 0.3) is 0 Å². The highest BCUT2D eigenvalue weighted by molar-refractivity contribution is 5.87. The van der Waals surface area contributed by atoms with E-state index in [1.165, 1.54) is 0 Å². The first-order chi connectivity index (χ1) is 9.83. The lowest BCUT2D eigenvalue weighted by molar-refractivity contribution is -0.0410. The van der Waals surface area contributed by atoms with Crippen LogP contribution >= 0.6 is 0 Å². The van der Waals surface area contributed by atoms with E-state index in [1.807, 2.05) is 26.8 Å². The first-order valence-corrected chi connectivity index (χ1v) is 7.08. The molecule has 1 atom stereocenters. The van der Waals surface area contributed by atoms with Crippen LogP contribution in [0, 0.1) is 0 Å². The molecule has 1 fully saturated rings. The van der Waals surface area contributed by atoms with Gasteiger partial charge in [0, 0.05) is 18.8 Å². The lowest BCUT2D eigenvalue weighted by Crippen LogP contribution is -2.33. The number of ether oxygens (including phenoxy) is 2. The largest absolute Gasteiger partial charge is 0.444 e. The van der Waals surface area contributed by atoms with Gasteiger partial charge in [0.25, 0.3) is 0 Å². The summed E-state index contributed by atoms with van der Waals surface area (Å²) in [6.45, 7) is 7.02. The molecule has 116 valence electrons. The number of nitrogens with two attached hydrogens (primary N) is 1. The standard InChI is InChI=1S/C15H23N3O3/c1-15(2,3)21-14(19)18-10-4-5-13(12(16)8-10)17-9-11-6-7-20-11/h4-5,8,11,17H,6-7,9,16H2,1-3H3,(H,18,19). The minimum absolute atomic E-state index is 0.268. The highest BCUT2D eigenvalue weighted by Gasteiger charge is 2.18. The van der Waals surface area contributed by atoms with Crippen molar-refractivity contribution >= 4 is 23.2 Å². The Hall–Kier alpha value is -1.95. The molecule has 0 aliphatic carbocycles. The summed E-state index contributed by atoms with van der Waals surface area (Å²) in [7, 11) is 0. The third kappa shape index (κ3) is 4.82. The molecule has 6 heteroatoms. The van der Waals surface area contributed by atoms with E-state index in [0.717, 1.165) is 25.3 Å². The molecule has 0 aromatic heterocycles. The van der Waals surface area contributed by atoms with Crippen molar-refractivity contribution in [2.45, 2.75) is 38.9 Å². The Kier molecular flexibility index (Phi) is 4.57. The maximum absolute atomic E-state index is 11.7. The van der Waals surface area contributed by atoms with Gasteiger partial charge in [-0.2, -0.15) is 0 Å². The molecule has 0 spiro atoms. The maximum Gasteiger partial charge on any atom is 0.412 e. The van der Waals surface area contributed by atoms with E-state index in [1.54, 1.807) is 12.1 Å². The fraction of sp³-hybridized carbons (Fsp3) is 0.533. The van der Waals surface area contributed by atoms with Gasteiger partial charge >= 0.3 is 6.09 Å². The molecule has 1 heterocycles. The molecule has 21 heavy (non-hydrogen) atoms. The molecule has 0 bridgehead atoms. The molecule has 1 aliphatic heterocycles. The number of amides is 1. The summed E-state index contributed by atoms with van der Waals surface area (Å²) in [6.07, 6.45) is 0.847. The summed E-state index contributed by atoms with van der Waals surface area (Å²) in [5.41, 5.74) is 7.46. The van der Waals surface area contributed by atoms with Crippen LogP contribution in [0.1, 0.15) is 27.2 Å². The van der Waals surface area contributed by atoms with Crippen molar-refractivity contribution in [1.29, 1.82) is 0 Å². The fourth-order valence-electron chi connectivity index (χ4n) is 1.89. The Morgan fingerprint density at radius 1 is 1.48 bits per heavy atom. The molecule has 1 amide bonds. The van der Waals surface area contributed by atoms with Gasteiger partial charge in [0.15, 0.2) is 0 Å². The van der Waals surface area contributed by atoms with Gasteiger partial charge in [0.1, 0.15) is 5.60 Å². The minimum atomic E-state index is -0.528. The summed E-state index contributed by atoms with van der Waals surface area (Å²) in [5, 5.41) is 5.90. The molecule has 4 N–H and O–H groups in total. The summed E-state index contributed by atoms with van der Waals surface area (Å²) in [5.74, 6) is 0. The lowest BCUT2D eigenvalue weighted by atomic mass is 10.2. The quantitative estimate of drug-likeness (QED) is 0.743. The van der Waals surface area contributed by atoms with Crippen LogP contribution < -0.4 is 16.4 Å². The third-order valence-electron chi connectivity index (χ3n) is 3.01. The number of hydrogen-bond donors (Lipinski definition) is 3. The Labute approximate surface area is 125 Å². The first-order valence-electron chi connectivity index (χ1n) is 7.08. The second kappa shape index (κ2) is 6.22. The van der Waals surface area contributed by atoms with E-state index in [0.29, 0.717) is 11.4 Å². The number of carbonyl (C=O) groups excluding carboxylic acids is 1. The molecule has 1 aliphatic rings. The minimum Gasteiger partial charge on any atom is -0.444 e. The molecule has 2 rings (SSSR count). The fourth-order valence-corrected chi connectivity index (χ4v) is 1.89. The van der Waals surface area contributed by atoms with Crippen LogP contribution in [0.5, 0.6) is 0 Å². The number of nitrogen functional groups attached to an aromatic ring is 1. The highest BCUT2D eigenvalue weighted by Crippen LogP contribution is 2.24. The van der Waals surface area contributed by atoms with Crippen LogP contribution in [0.3, 0.4) is 0 Å². The molecule has 1 unspecified atom stereocenters. The zero-order valence-electron chi connectivity index (χ0n) is 12.7. The van der Waals surface area contributed by atoms with E-state index in [-0.39, 0.29) is 6.10 Å². The van der Waals surface area contributed by atoms with Crippen molar-refractivity contribution in [2.24, 2.45) is 0 Å². The van der Waals surface area contributed by atoms with Gasteiger partial charge in [-0.25, -0.2) is 4.79 Å². The predicted molar refractivity (Wildman–Crippen MR) is 83.6 cm³/mol. The normalized spacial score (nSPS) is 17.8.